The van der Waals surface area contributed by atoms with Gasteiger partial charge in [-0.15, -0.1) is 0 Å². The molecule has 1 heterocycles. The lowest BCUT2D eigenvalue weighted by atomic mass is 9.54. The van der Waals surface area contributed by atoms with E-state index >= 15 is 0 Å². The molecule has 1 amide bonds. The van der Waals surface area contributed by atoms with E-state index in [1.807, 2.05) is 6.92 Å². The van der Waals surface area contributed by atoms with E-state index in [1.54, 1.807) is 29.2 Å². The van der Waals surface area contributed by atoms with Gasteiger partial charge in [0.15, 0.2) is 0 Å². The lowest BCUT2D eigenvalue weighted by Crippen LogP contribution is -2.53. The number of hydrogen-bond donors (Lipinski definition) is 1. The summed E-state index contributed by atoms with van der Waals surface area (Å²) >= 11 is 0. The highest BCUT2D eigenvalue weighted by Crippen LogP contribution is 2.57. The molecule has 1 aliphatic heterocycles. The standard InChI is InChI=1S/C23H32N2O4S/c1-16(29-23-12-17-9-18(13-23)11-19(10-17)14-23)15-24-30(27,28)21-6-4-20(5-7-21)25-8-2-3-22(25)26/h4-7,16-19,24H,2-3,8-15H2,1H3. The molecule has 5 fully saturated rings. The summed E-state index contributed by atoms with van der Waals surface area (Å²) in [6, 6.07) is 6.59. The van der Waals surface area contributed by atoms with Gasteiger partial charge in [0.2, 0.25) is 15.9 Å². The molecule has 0 aromatic heterocycles. The first kappa shape index (κ1) is 20.5. The number of carbonyl (C=O) groups is 1. The molecule has 6 rings (SSSR count). The molecule has 0 spiro atoms. The minimum atomic E-state index is -3.61. The third kappa shape index (κ3) is 3.92. The van der Waals surface area contributed by atoms with Crippen molar-refractivity contribution in [2.45, 2.75) is 74.9 Å². The highest BCUT2D eigenvalue weighted by molar-refractivity contribution is 7.89. The smallest absolute Gasteiger partial charge is 0.240 e. The van der Waals surface area contributed by atoms with Crippen LogP contribution in [0.5, 0.6) is 0 Å². The van der Waals surface area contributed by atoms with Gasteiger partial charge >= 0.3 is 0 Å². The highest BCUT2D eigenvalue weighted by Gasteiger charge is 2.52. The van der Waals surface area contributed by atoms with Gasteiger partial charge in [-0.25, -0.2) is 13.1 Å². The van der Waals surface area contributed by atoms with Crippen LogP contribution < -0.4 is 9.62 Å². The van der Waals surface area contributed by atoms with Crippen LogP contribution in [0.2, 0.25) is 0 Å². The molecule has 6 nitrogen and oxygen atoms in total. The molecular formula is C23H32N2O4S. The summed E-state index contributed by atoms with van der Waals surface area (Å²) in [7, 11) is -3.61. The van der Waals surface area contributed by atoms with Crippen LogP contribution in [-0.4, -0.2) is 39.1 Å². The Morgan fingerprint density at radius 2 is 1.70 bits per heavy atom. The number of carbonyl (C=O) groups excluding carboxylic acids is 1. The lowest BCUT2D eigenvalue weighted by Gasteiger charge is -2.57. The van der Waals surface area contributed by atoms with Crippen LogP contribution >= 0.6 is 0 Å². The van der Waals surface area contributed by atoms with Crippen molar-refractivity contribution in [2.24, 2.45) is 17.8 Å². The Morgan fingerprint density at radius 3 is 2.23 bits per heavy atom. The van der Waals surface area contributed by atoms with Gasteiger partial charge in [0.05, 0.1) is 16.6 Å². The van der Waals surface area contributed by atoms with Gasteiger partial charge in [-0.3, -0.25) is 4.79 Å². The molecule has 1 aromatic rings. The second kappa shape index (κ2) is 7.61. The summed E-state index contributed by atoms with van der Waals surface area (Å²) in [6.45, 7) is 2.95. The molecule has 4 aliphatic carbocycles. The molecule has 1 atom stereocenters. The molecule has 5 aliphatic rings. The average Bonchev–Trinajstić information content (AvgIpc) is 3.11. The van der Waals surface area contributed by atoms with E-state index in [0.29, 0.717) is 13.0 Å². The molecule has 0 radical (unpaired) electrons. The van der Waals surface area contributed by atoms with E-state index in [-0.39, 0.29) is 29.1 Å². The Hall–Kier alpha value is -1.44. The fourth-order valence-corrected chi connectivity index (χ4v) is 7.80. The number of benzene rings is 1. The Balaban J connectivity index is 1.19. The van der Waals surface area contributed by atoms with Gasteiger partial charge in [-0.2, -0.15) is 0 Å². The van der Waals surface area contributed by atoms with Crippen LogP contribution in [0.1, 0.15) is 58.3 Å². The summed E-state index contributed by atoms with van der Waals surface area (Å²) < 4.78 is 34.7. The van der Waals surface area contributed by atoms with E-state index in [9.17, 15) is 13.2 Å². The monoisotopic (exact) mass is 432 g/mol. The number of sulfonamides is 1. The number of hydrogen-bond acceptors (Lipinski definition) is 4. The van der Waals surface area contributed by atoms with Gasteiger partial charge in [-0.05, 0) is 93.9 Å². The molecule has 4 bridgehead atoms. The largest absolute Gasteiger partial charge is 0.371 e. The van der Waals surface area contributed by atoms with E-state index in [2.05, 4.69) is 4.72 Å². The molecule has 30 heavy (non-hydrogen) atoms. The zero-order valence-electron chi connectivity index (χ0n) is 17.7. The first-order valence-corrected chi connectivity index (χ1v) is 12.9. The SMILES string of the molecule is CC(CNS(=O)(=O)c1ccc(N2CCCC2=O)cc1)OC12CC3CC(CC(C3)C1)C2. The van der Waals surface area contributed by atoms with Crippen LogP contribution in [-0.2, 0) is 19.6 Å². The summed E-state index contributed by atoms with van der Waals surface area (Å²) in [5.74, 6) is 2.52. The number of nitrogens with zero attached hydrogens (tertiary/aromatic N) is 1. The topological polar surface area (TPSA) is 75.7 Å². The highest BCUT2D eigenvalue weighted by atomic mass is 32.2. The molecule has 1 unspecified atom stereocenters. The van der Waals surface area contributed by atoms with Crippen molar-refractivity contribution < 1.29 is 17.9 Å². The Morgan fingerprint density at radius 1 is 1.10 bits per heavy atom. The predicted octanol–water partition coefficient (Wildman–Crippen LogP) is 3.47. The van der Waals surface area contributed by atoms with Gasteiger partial charge in [0.1, 0.15) is 0 Å². The maximum absolute atomic E-state index is 12.8. The van der Waals surface area contributed by atoms with Crippen LogP contribution in [0, 0.1) is 17.8 Å². The van der Waals surface area contributed by atoms with Gasteiger partial charge in [-0.1, -0.05) is 0 Å². The van der Waals surface area contributed by atoms with Crippen LogP contribution in [0.25, 0.3) is 0 Å². The minimum absolute atomic E-state index is 0.0243. The van der Waals surface area contributed by atoms with Crippen molar-refractivity contribution in [2.75, 3.05) is 18.0 Å². The number of nitrogens with one attached hydrogen (secondary N) is 1. The number of amides is 1. The third-order valence-corrected chi connectivity index (χ3v) is 8.97. The zero-order chi connectivity index (χ0) is 20.9. The van der Waals surface area contributed by atoms with E-state index < -0.39 is 10.0 Å². The van der Waals surface area contributed by atoms with Gasteiger partial charge in [0.25, 0.3) is 0 Å². The summed E-state index contributed by atoms with van der Waals surface area (Å²) in [6.07, 6.45) is 8.78. The molecule has 1 N–H and O–H groups in total. The Labute approximate surface area is 179 Å². The Bertz CT molecular complexity index is 876. The second-order valence-corrected chi connectivity index (χ2v) is 11.8. The first-order valence-electron chi connectivity index (χ1n) is 11.4. The summed E-state index contributed by atoms with van der Waals surface area (Å²) in [5, 5.41) is 0. The fraction of sp³-hybridized carbons (Fsp3) is 0.696. The summed E-state index contributed by atoms with van der Waals surface area (Å²) in [4.78, 5) is 13.8. The van der Waals surface area contributed by atoms with Crippen molar-refractivity contribution in [1.82, 2.24) is 4.72 Å². The number of rotatable bonds is 7. The van der Waals surface area contributed by atoms with E-state index in [4.69, 9.17) is 4.74 Å². The zero-order valence-corrected chi connectivity index (χ0v) is 18.5. The molecule has 7 heteroatoms. The van der Waals surface area contributed by atoms with E-state index in [0.717, 1.165) is 49.1 Å². The second-order valence-electron chi connectivity index (χ2n) is 10.0. The molecule has 1 aromatic carbocycles. The normalized spacial score (nSPS) is 34.0. The van der Waals surface area contributed by atoms with Crippen LogP contribution in [0.15, 0.2) is 29.2 Å². The molecule has 4 saturated carbocycles. The maximum atomic E-state index is 12.8. The average molecular weight is 433 g/mol. The molecule has 1 saturated heterocycles. The molecular weight excluding hydrogens is 400 g/mol. The maximum Gasteiger partial charge on any atom is 0.240 e. The van der Waals surface area contributed by atoms with Crippen molar-refractivity contribution >= 4 is 21.6 Å². The first-order chi connectivity index (χ1) is 14.3. The lowest BCUT2D eigenvalue weighted by molar-refractivity contribution is -0.182. The van der Waals surface area contributed by atoms with Crippen molar-refractivity contribution in [3.63, 3.8) is 0 Å². The summed E-state index contributed by atoms with van der Waals surface area (Å²) in [5.41, 5.74) is 0.735. The predicted molar refractivity (Wildman–Crippen MR) is 115 cm³/mol. The van der Waals surface area contributed by atoms with Crippen molar-refractivity contribution in [3.8, 4) is 0 Å². The van der Waals surface area contributed by atoms with Gasteiger partial charge in [0, 0.05) is 25.2 Å². The molecule has 164 valence electrons. The third-order valence-electron chi connectivity index (χ3n) is 7.53. The minimum Gasteiger partial charge on any atom is -0.371 e. The quantitative estimate of drug-likeness (QED) is 0.716. The Kier molecular flexibility index (Phi) is 5.19. The van der Waals surface area contributed by atoms with Crippen LogP contribution in [0.3, 0.4) is 0 Å². The number of ether oxygens (including phenoxy) is 1. The van der Waals surface area contributed by atoms with Crippen molar-refractivity contribution in [3.05, 3.63) is 24.3 Å². The van der Waals surface area contributed by atoms with Gasteiger partial charge < -0.3 is 9.64 Å². The fourth-order valence-electron chi connectivity index (χ4n) is 6.68. The van der Waals surface area contributed by atoms with Crippen molar-refractivity contribution in [1.29, 1.82) is 0 Å². The number of anilines is 1. The van der Waals surface area contributed by atoms with Crippen LogP contribution in [0.4, 0.5) is 5.69 Å². The van der Waals surface area contributed by atoms with E-state index in [1.165, 1.54) is 19.3 Å².